The van der Waals surface area contributed by atoms with Crippen molar-refractivity contribution in [1.82, 2.24) is 8.96 Å². The molecule has 0 atom stereocenters. The lowest BCUT2D eigenvalue weighted by atomic mass is 10.2. The summed E-state index contributed by atoms with van der Waals surface area (Å²) in [6, 6.07) is 7.76. The van der Waals surface area contributed by atoms with Gasteiger partial charge in [0, 0.05) is 29.9 Å². The Morgan fingerprint density at radius 1 is 1.06 bits per heavy atom. The molecule has 0 bridgehead atoms. The Morgan fingerprint density at radius 2 is 1.77 bits per heavy atom. The van der Waals surface area contributed by atoms with Crippen molar-refractivity contribution >= 4 is 33.1 Å². The summed E-state index contributed by atoms with van der Waals surface area (Å²) in [7, 11) is -0.998. The average molecular weight is 445 g/mol. The number of ether oxygens (including phenoxy) is 3. The second kappa shape index (κ2) is 8.43. The fourth-order valence-corrected chi connectivity index (χ4v) is 4.22. The minimum absolute atomic E-state index is 0.0401. The lowest BCUT2D eigenvalue weighted by Crippen LogP contribution is -2.22. The molecule has 0 radical (unpaired) electrons. The number of esters is 1. The highest BCUT2D eigenvalue weighted by molar-refractivity contribution is 7.90. The van der Waals surface area contributed by atoms with E-state index in [4.69, 9.17) is 14.2 Å². The zero-order valence-electron chi connectivity index (χ0n) is 17.9. The first-order valence-electron chi connectivity index (χ1n) is 9.41. The second-order valence-corrected chi connectivity index (χ2v) is 9.50. The quantitative estimate of drug-likeness (QED) is 0.423. The summed E-state index contributed by atoms with van der Waals surface area (Å²) in [5, 5.41) is 0.607. The highest BCUT2D eigenvalue weighted by Gasteiger charge is 2.22. The van der Waals surface area contributed by atoms with Gasteiger partial charge in [0.1, 0.15) is 5.60 Å². The fraction of sp³-hybridized carbons (Fsp3) is 0.273. The Morgan fingerprint density at radius 3 is 2.42 bits per heavy atom. The van der Waals surface area contributed by atoms with E-state index in [9.17, 15) is 13.2 Å². The number of aromatic nitrogens is 2. The number of hydrogen-bond donors (Lipinski definition) is 0. The standard InChI is InChI=1S/C22H24N2O6S/c1-22(2,3)30-20(25)9-6-15-12-16-10-11-24(21(16)23-14-15)31(26,27)17-7-8-18(28-4)19(13-17)29-5/h6-14H,1-5H3. The molecule has 1 aromatic carbocycles. The van der Waals surface area contributed by atoms with Gasteiger partial charge >= 0.3 is 5.97 Å². The minimum Gasteiger partial charge on any atom is -0.493 e. The molecule has 0 amide bonds. The summed E-state index contributed by atoms with van der Waals surface area (Å²) in [6.45, 7) is 5.36. The van der Waals surface area contributed by atoms with E-state index in [1.165, 1.54) is 50.9 Å². The monoisotopic (exact) mass is 444 g/mol. The molecule has 0 unspecified atom stereocenters. The van der Waals surface area contributed by atoms with Crippen molar-refractivity contribution in [3.63, 3.8) is 0 Å². The van der Waals surface area contributed by atoms with Crippen LogP contribution >= 0.6 is 0 Å². The Hall–Kier alpha value is -3.33. The van der Waals surface area contributed by atoms with Crippen LogP contribution in [0, 0.1) is 0 Å². The van der Waals surface area contributed by atoms with Gasteiger partial charge in [0.25, 0.3) is 10.0 Å². The van der Waals surface area contributed by atoms with Crippen LogP contribution in [0.4, 0.5) is 0 Å². The van der Waals surface area contributed by atoms with E-state index in [1.54, 1.807) is 39.0 Å². The highest BCUT2D eigenvalue weighted by atomic mass is 32.2. The van der Waals surface area contributed by atoms with Gasteiger partial charge in [-0.1, -0.05) is 0 Å². The van der Waals surface area contributed by atoms with Crippen LogP contribution < -0.4 is 9.47 Å². The Labute approximate surface area is 181 Å². The summed E-state index contributed by atoms with van der Waals surface area (Å²) in [5.41, 5.74) is 0.322. The molecule has 3 aromatic rings. The molecule has 0 saturated carbocycles. The van der Waals surface area contributed by atoms with E-state index >= 15 is 0 Å². The topological polar surface area (TPSA) is 96.7 Å². The first-order chi connectivity index (χ1) is 14.5. The first-order valence-corrected chi connectivity index (χ1v) is 10.8. The molecule has 31 heavy (non-hydrogen) atoms. The van der Waals surface area contributed by atoms with Gasteiger partial charge in [0.2, 0.25) is 0 Å². The SMILES string of the molecule is COc1ccc(S(=O)(=O)n2ccc3cc(C=CC(=O)OC(C)(C)C)cnc32)cc1OC. The number of carbonyl (C=O) groups is 1. The van der Waals surface area contributed by atoms with E-state index in [0.717, 1.165) is 3.97 Å². The van der Waals surface area contributed by atoms with Gasteiger partial charge in [0.15, 0.2) is 17.1 Å². The van der Waals surface area contributed by atoms with Crippen LogP contribution in [-0.4, -0.2) is 43.2 Å². The van der Waals surface area contributed by atoms with E-state index in [1.807, 2.05) is 0 Å². The maximum atomic E-state index is 13.2. The van der Waals surface area contributed by atoms with Crippen LogP contribution in [-0.2, 0) is 19.6 Å². The van der Waals surface area contributed by atoms with Gasteiger partial charge in [-0.15, -0.1) is 0 Å². The number of carbonyl (C=O) groups excluding carboxylic acids is 1. The largest absolute Gasteiger partial charge is 0.493 e. The van der Waals surface area contributed by atoms with Gasteiger partial charge in [-0.2, -0.15) is 0 Å². The maximum Gasteiger partial charge on any atom is 0.331 e. The van der Waals surface area contributed by atoms with Crippen molar-refractivity contribution in [1.29, 1.82) is 0 Å². The van der Waals surface area contributed by atoms with Crippen molar-refractivity contribution in [2.45, 2.75) is 31.3 Å². The van der Waals surface area contributed by atoms with Crippen molar-refractivity contribution in [2.75, 3.05) is 14.2 Å². The summed E-state index contributed by atoms with van der Waals surface area (Å²) < 4.78 is 43.0. The van der Waals surface area contributed by atoms with E-state index in [2.05, 4.69) is 4.98 Å². The molecule has 0 fully saturated rings. The Kier molecular flexibility index (Phi) is 6.08. The fourth-order valence-electron chi connectivity index (χ4n) is 2.89. The molecule has 0 spiro atoms. The van der Waals surface area contributed by atoms with Gasteiger partial charge in [0.05, 0.1) is 19.1 Å². The smallest absolute Gasteiger partial charge is 0.331 e. The van der Waals surface area contributed by atoms with Crippen molar-refractivity contribution in [2.24, 2.45) is 0 Å². The van der Waals surface area contributed by atoms with E-state index < -0.39 is 21.6 Å². The first kappa shape index (κ1) is 22.4. The number of hydrogen-bond acceptors (Lipinski definition) is 7. The number of pyridine rings is 1. The molecular weight excluding hydrogens is 420 g/mol. The van der Waals surface area contributed by atoms with Crippen LogP contribution in [0.5, 0.6) is 11.5 Å². The Bertz CT molecular complexity index is 1250. The summed E-state index contributed by atoms with van der Waals surface area (Å²) in [4.78, 5) is 16.2. The van der Waals surface area contributed by atoms with Gasteiger partial charge in [-0.3, -0.25) is 0 Å². The molecule has 8 nitrogen and oxygen atoms in total. The molecule has 164 valence electrons. The van der Waals surface area contributed by atoms with Crippen LogP contribution in [0.3, 0.4) is 0 Å². The van der Waals surface area contributed by atoms with Gasteiger partial charge < -0.3 is 14.2 Å². The third-order valence-electron chi connectivity index (χ3n) is 4.24. The number of fused-ring (bicyclic) bond motifs is 1. The third-order valence-corrected chi connectivity index (χ3v) is 5.91. The highest BCUT2D eigenvalue weighted by Crippen LogP contribution is 2.31. The molecule has 9 heteroatoms. The molecule has 0 aliphatic heterocycles. The van der Waals surface area contributed by atoms with Crippen molar-refractivity contribution < 1.29 is 27.4 Å². The van der Waals surface area contributed by atoms with E-state index in [-0.39, 0.29) is 10.5 Å². The van der Waals surface area contributed by atoms with Crippen molar-refractivity contribution in [3.05, 3.63) is 54.4 Å². The molecule has 0 aliphatic carbocycles. The molecule has 0 N–H and O–H groups in total. The minimum atomic E-state index is -3.91. The predicted molar refractivity (Wildman–Crippen MR) is 117 cm³/mol. The number of nitrogens with zero attached hydrogens (tertiary/aromatic N) is 2. The molecule has 2 heterocycles. The average Bonchev–Trinajstić information content (AvgIpc) is 3.14. The van der Waals surface area contributed by atoms with Gasteiger partial charge in [-0.05, 0) is 56.7 Å². The van der Waals surface area contributed by atoms with Crippen LogP contribution in [0.15, 0.2) is 53.7 Å². The van der Waals surface area contributed by atoms with Crippen LogP contribution in [0.1, 0.15) is 26.3 Å². The number of rotatable bonds is 6. The molecule has 0 saturated heterocycles. The molecule has 0 aliphatic rings. The summed E-state index contributed by atoms with van der Waals surface area (Å²) >= 11 is 0. The lowest BCUT2D eigenvalue weighted by Gasteiger charge is -2.17. The summed E-state index contributed by atoms with van der Waals surface area (Å²) in [5.74, 6) is 0.266. The number of benzene rings is 1. The van der Waals surface area contributed by atoms with Crippen LogP contribution in [0.2, 0.25) is 0 Å². The predicted octanol–water partition coefficient (Wildman–Crippen LogP) is 3.65. The summed E-state index contributed by atoms with van der Waals surface area (Å²) in [6.07, 6.45) is 5.81. The maximum absolute atomic E-state index is 13.2. The zero-order chi connectivity index (χ0) is 22.8. The molecular formula is C22H24N2O6S. The molecule has 2 aromatic heterocycles. The second-order valence-electron chi connectivity index (χ2n) is 7.68. The van der Waals surface area contributed by atoms with Crippen molar-refractivity contribution in [3.8, 4) is 11.5 Å². The van der Waals surface area contributed by atoms with Gasteiger partial charge in [-0.25, -0.2) is 22.2 Å². The molecule has 3 rings (SSSR count). The lowest BCUT2D eigenvalue weighted by molar-refractivity contribution is -0.148. The number of methoxy groups -OCH3 is 2. The Balaban J connectivity index is 1.93. The third kappa shape index (κ3) is 4.88. The zero-order valence-corrected chi connectivity index (χ0v) is 18.8. The van der Waals surface area contributed by atoms with Crippen LogP contribution in [0.25, 0.3) is 17.1 Å². The van der Waals surface area contributed by atoms with E-state index in [0.29, 0.717) is 22.4 Å². The normalized spacial score (nSPS) is 12.3.